The molecule has 0 spiro atoms. The molecule has 2 fully saturated rings. The molecule has 2 unspecified atom stereocenters. The number of ether oxygens (including phenoxy) is 1. The predicted molar refractivity (Wildman–Crippen MR) is 99.8 cm³/mol. The van der Waals surface area contributed by atoms with Gasteiger partial charge in [0.25, 0.3) is 0 Å². The van der Waals surface area contributed by atoms with Crippen molar-refractivity contribution in [3.05, 3.63) is 34.6 Å². The Morgan fingerprint density at radius 1 is 1.44 bits per heavy atom. The highest BCUT2D eigenvalue weighted by Gasteiger charge is 2.42. The van der Waals surface area contributed by atoms with Crippen LogP contribution >= 0.6 is 11.6 Å². The summed E-state index contributed by atoms with van der Waals surface area (Å²) in [4.78, 5) is 4.32. The third-order valence-corrected chi connectivity index (χ3v) is 5.92. The zero-order valence-corrected chi connectivity index (χ0v) is 15.7. The largest absolute Gasteiger partial charge is 0.385 e. The third-order valence-electron chi connectivity index (χ3n) is 5.59. The first-order valence-corrected chi connectivity index (χ1v) is 9.36. The number of methoxy groups -OCH3 is 1. The summed E-state index contributed by atoms with van der Waals surface area (Å²) in [5.41, 5.74) is 0.943. The molecular weight excluding hydrogens is 341 g/mol. The van der Waals surface area contributed by atoms with Gasteiger partial charge in [-0.3, -0.25) is 4.99 Å². The Kier molecular flexibility index (Phi) is 5.85. The molecule has 1 aromatic carbocycles. The summed E-state index contributed by atoms with van der Waals surface area (Å²) < 4.78 is 19.3. The molecule has 6 heteroatoms. The van der Waals surface area contributed by atoms with E-state index in [1.807, 2.05) is 0 Å². The minimum Gasteiger partial charge on any atom is -0.385 e. The number of hydrogen-bond acceptors (Lipinski definition) is 2. The molecule has 0 amide bonds. The van der Waals surface area contributed by atoms with E-state index in [2.05, 4.69) is 15.6 Å². The minimum absolute atomic E-state index is 0.110. The van der Waals surface area contributed by atoms with Gasteiger partial charge in [0.15, 0.2) is 5.96 Å². The maximum Gasteiger partial charge on any atom is 0.191 e. The summed E-state index contributed by atoms with van der Waals surface area (Å²) in [5.74, 6) is 0.666. The highest BCUT2D eigenvalue weighted by molar-refractivity contribution is 6.31. The van der Waals surface area contributed by atoms with Crippen LogP contribution in [0.5, 0.6) is 0 Å². The number of benzene rings is 1. The Bertz CT molecular complexity index is 613. The lowest BCUT2D eigenvalue weighted by Gasteiger charge is -2.42. The molecule has 25 heavy (non-hydrogen) atoms. The molecule has 0 aliphatic heterocycles. The van der Waals surface area contributed by atoms with Crippen molar-refractivity contribution in [2.45, 2.75) is 44.1 Å². The van der Waals surface area contributed by atoms with E-state index < -0.39 is 0 Å². The van der Waals surface area contributed by atoms with Crippen LogP contribution in [-0.4, -0.2) is 39.3 Å². The summed E-state index contributed by atoms with van der Waals surface area (Å²) in [6.45, 7) is 1.69. The number of nitrogens with zero attached hydrogens (tertiary/aromatic N) is 1. The van der Waals surface area contributed by atoms with Gasteiger partial charge in [-0.25, -0.2) is 4.39 Å². The second-order valence-electron chi connectivity index (χ2n) is 7.25. The maximum atomic E-state index is 14.0. The lowest BCUT2D eigenvalue weighted by atomic mass is 9.67. The van der Waals surface area contributed by atoms with E-state index >= 15 is 0 Å². The molecule has 0 bridgehead atoms. The molecule has 0 radical (unpaired) electrons. The first-order valence-electron chi connectivity index (χ1n) is 8.98. The van der Waals surface area contributed by atoms with Gasteiger partial charge in [0.2, 0.25) is 0 Å². The average Bonchev–Trinajstić information content (AvgIpc) is 3.31. The van der Waals surface area contributed by atoms with E-state index in [4.69, 9.17) is 16.3 Å². The van der Waals surface area contributed by atoms with E-state index in [0.717, 1.165) is 32.0 Å². The Labute approximate surface area is 154 Å². The molecule has 2 N–H and O–H groups in total. The molecule has 4 nitrogen and oxygen atoms in total. The zero-order chi connectivity index (χ0) is 17.9. The molecule has 2 saturated carbocycles. The predicted octanol–water partition coefficient (Wildman–Crippen LogP) is 3.71. The first kappa shape index (κ1) is 18.5. The van der Waals surface area contributed by atoms with Gasteiger partial charge in [0.1, 0.15) is 5.82 Å². The fourth-order valence-electron chi connectivity index (χ4n) is 3.69. The van der Waals surface area contributed by atoms with E-state index in [-0.39, 0.29) is 17.8 Å². The molecule has 0 aromatic heterocycles. The van der Waals surface area contributed by atoms with Crippen LogP contribution < -0.4 is 10.6 Å². The lowest BCUT2D eigenvalue weighted by molar-refractivity contribution is 0.0732. The van der Waals surface area contributed by atoms with Gasteiger partial charge in [-0.2, -0.15) is 0 Å². The Morgan fingerprint density at radius 3 is 2.84 bits per heavy atom. The van der Waals surface area contributed by atoms with E-state index in [1.165, 1.54) is 25.3 Å². The van der Waals surface area contributed by atoms with Crippen LogP contribution in [0.1, 0.15) is 43.6 Å². The monoisotopic (exact) mass is 367 g/mol. The highest BCUT2D eigenvalue weighted by Crippen LogP contribution is 2.45. The van der Waals surface area contributed by atoms with Crippen molar-refractivity contribution >= 4 is 17.6 Å². The van der Waals surface area contributed by atoms with E-state index in [9.17, 15) is 4.39 Å². The van der Waals surface area contributed by atoms with Gasteiger partial charge in [-0.15, -0.1) is 0 Å². The van der Waals surface area contributed by atoms with Gasteiger partial charge in [0, 0.05) is 49.9 Å². The Balaban J connectivity index is 1.52. The fourth-order valence-corrected chi connectivity index (χ4v) is 3.99. The Hall–Kier alpha value is -1.33. The zero-order valence-electron chi connectivity index (χ0n) is 14.9. The molecule has 0 heterocycles. The quantitative estimate of drug-likeness (QED) is 0.570. The topological polar surface area (TPSA) is 45.7 Å². The van der Waals surface area contributed by atoms with Crippen molar-refractivity contribution < 1.29 is 9.13 Å². The summed E-state index contributed by atoms with van der Waals surface area (Å²) in [7, 11) is 3.52. The molecule has 2 aliphatic carbocycles. The minimum atomic E-state index is -0.224. The standard InChI is InChI=1S/C19H27ClFN3O/c1-22-18(23-12-19(7-4-8-19)9-10-25-2)24-16-11-13(16)17-14(20)5-3-6-15(17)21/h3,5-6,13,16H,4,7-12H2,1-2H3,(H2,22,23,24). The second-order valence-corrected chi connectivity index (χ2v) is 7.66. The number of halogens is 2. The lowest BCUT2D eigenvalue weighted by Crippen LogP contribution is -2.47. The maximum absolute atomic E-state index is 14.0. The van der Waals surface area contributed by atoms with Crippen LogP contribution in [-0.2, 0) is 4.74 Å². The third kappa shape index (κ3) is 4.26. The number of nitrogens with one attached hydrogen (secondary N) is 2. The van der Waals surface area contributed by atoms with Crippen LogP contribution in [0.25, 0.3) is 0 Å². The second kappa shape index (κ2) is 7.92. The van der Waals surface area contributed by atoms with Gasteiger partial charge in [-0.05, 0) is 43.2 Å². The van der Waals surface area contributed by atoms with E-state index in [0.29, 0.717) is 16.0 Å². The number of hydrogen-bond donors (Lipinski definition) is 2. The van der Waals surface area contributed by atoms with Crippen molar-refractivity contribution in [3.8, 4) is 0 Å². The smallest absolute Gasteiger partial charge is 0.191 e. The molecular formula is C19H27ClFN3O. The van der Waals surface area contributed by atoms with Crippen LogP contribution in [0, 0.1) is 11.2 Å². The number of rotatable bonds is 7. The summed E-state index contributed by atoms with van der Waals surface area (Å²) in [6.07, 6.45) is 5.70. The number of aliphatic imine (C=N–C) groups is 1. The van der Waals surface area contributed by atoms with Gasteiger partial charge in [0.05, 0.1) is 0 Å². The normalized spacial score (nSPS) is 24.6. The van der Waals surface area contributed by atoms with Crippen molar-refractivity contribution in [1.29, 1.82) is 0 Å². The fraction of sp³-hybridized carbons (Fsp3) is 0.632. The van der Waals surface area contributed by atoms with Gasteiger partial charge >= 0.3 is 0 Å². The molecule has 3 rings (SSSR count). The van der Waals surface area contributed by atoms with Crippen molar-refractivity contribution in [1.82, 2.24) is 10.6 Å². The van der Waals surface area contributed by atoms with Crippen LogP contribution in [0.3, 0.4) is 0 Å². The highest BCUT2D eigenvalue weighted by atomic mass is 35.5. The van der Waals surface area contributed by atoms with Gasteiger partial charge in [-0.1, -0.05) is 24.1 Å². The summed E-state index contributed by atoms with van der Waals surface area (Å²) >= 11 is 6.17. The van der Waals surface area contributed by atoms with Crippen LogP contribution in [0.4, 0.5) is 4.39 Å². The molecule has 2 aliphatic rings. The van der Waals surface area contributed by atoms with E-state index in [1.54, 1.807) is 26.3 Å². The average molecular weight is 368 g/mol. The molecule has 1 aromatic rings. The van der Waals surface area contributed by atoms with Crippen LogP contribution in [0.15, 0.2) is 23.2 Å². The molecule has 138 valence electrons. The summed E-state index contributed by atoms with van der Waals surface area (Å²) in [5, 5.41) is 7.36. The molecule has 0 saturated heterocycles. The Morgan fingerprint density at radius 2 is 2.24 bits per heavy atom. The SMILES string of the molecule is CN=C(NCC1(CCOC)CCC1)NC1CC1c1c(F)cccc1Cl. The van der Waals surface area contributed by atoms with Crippen molar-refractivity contribution in [2.75, 3.05) is 27.3 Å². The van der Waals surface area contributed by atoms with Crippen molar-refractivity contribution in [2.24, 2.45) is 10.4 Å². The van der Waals surface area contributed by atoms with Crippen molar-refractivity contribution in [3.63, 3.8) is 0 Å². The van der Waals surface area contributed by atoms with Crippen LogP contribution in [0.2, 0.25) is 5.02 Å². The number of guanidine groups is 1. The molecule has 2 atom stereocenters. The first-order chi connectivity index (χ1) is 12.1. The van der Waals surface area contributed by atoms with Gasteiger partial charge < -0.3 is 15.4 Å². The summed E-state index contributed by atoms with van der Waals surface area (Å²) in [6, 6.07) is 5.04.